The molecule has 6 nitrogen and oxygen atoms in total. The molecule has 31 heavy (non-hydrogen) atoms. The molecule has 1 fully saturated rings. The van der Waals surface area contributed by atoms with Crippen molar-refractivity contribution in [1.29, 1.82) is 5.26 Å². The minimum Gasteiger partial charge on any atom is -0.497 e. The van der Waals surface area contributed by atoms with Crippen molar-refractivity contribution < 1.29 is 9.53 Å². The average molecular weight is 421 g/mol. The highest BCUT2D eigenvalue weighted by Gasteiger charge is 2.22. The first-order valence-corrected chi connectivity index (χ1v) is 10.9. The summed E-state index contributed by atoms with van der Waals surface area (Å²) in [7, 11) is 1.67. The Morgan fingerprint density at radius 3 is 2.42 bits per heavy atom. The molecule has 1 heterocycles. The topological polar surface area (TPSA) is 59.8 Å². The lowest BCUT2D eigenvalue weighted by molar-refractivity contribution is -0.119. The second kappa shape index (κ2) is 10.8. The van der Waals surface area contributed by atoms with E-state index in [9.17, 15) is 4.79 Å². The third kappa shape index (κ3) is 6.22. The highest BCUT2D eigenvalue weighted by Crippen LogP contribution is 2.22. The van der Waals surface area contributed by atoms with Crippen LogP contribution in [0.5, 0.6) is 5.75 Å². The van der Waals surface area contributed by atoms with E-state index in [1.165, 1.54) is 5.69 Å². The Morgan fingerprint density at radius 2 is 1.77 bits per heavy atom. The highest BCUT2D eigenvalue weighted by molar-refractivity contribution is 5.95. The molecule has 1 amide bonds. The summed E-state index contributed by atoms with van der Waals surface area (Å²) in [6.07, 6.45) is 1.32. The number of methoxy groups -OCH3 is 1. The Bertz CT molecular complexity index is 900. The maximum atomic E-state index is 13.2. The quantitative estimate of drug-likeness (QED) is 0.682. The molecule has 0 saturated carbocycles. The van der Waals surface area contributed by atoms with Crippen LogP contribution >= 0.6 is 0 Å². The number of nitriles is 1. The molecule has 0 bridgehead atoms. The van der Waals surface area contributed by atoms with Gasteiger partial charge in [-0.1, -0.05) is 6.07 Å². The van der Waals surface area contributed by atoms with Crippen LogP contribution in [0.2, 0.25) is 0 Å². The van der Waals surface area contributed by atoms with Crippen molar-refractivity contribution in [2.24, 2.45) is 0 Å². The van der Waals surface area contributed by atoms with E-state index in [0.29, 0.717) is 19.5 Å². The van der Waals surface area contributed by atoms with E-state index in [0.717, 1.165) is 55.2 Å². The zero-order valence-corrected chi connectivity index (χ0v) is 18.8. The molecule has 1 saturated heterocycles. The van der Waals surface area contributed by atoms with Gasteiger partial charge in [0.05, 0.1) is 26.1 Å². The number of amides is 1. The van der Waals surface area contributed by atoms with E-state index >= 15 is 0 Å². The predicted octanol–water partition coefficient (Wildman–Crippen LogP) is 3.77. The summed E-state index contributed by atoms with van der Waals surface area (Å²) in [4.78, 5) is 19.6. The zero-order chi connectivity index (χ0) is 22.2. The van der Waals surface area contributed by atoms with Crippen LogP contribution < -0.4 is 14.5 Å². The third-order valence-corrected chi connectivity index (χ3v) is 5.65. The molecule has 0 aliphatic carbocycles. The molecule has 0 spiro atoms. The minimum atomic E-state index is 0.0538. The average Bonchev–Trinajstić information content (AvgIpc) is 2.99. The van der Waals surface area contributed by atoms with Gasteiger partial charge in [0, 0.05) is 44.1 Å². The maximum absolute atomic E-state index is 13.2. The molecule has 1 aliphatic heterocycles. The van der Waals surface area contributed by atoms with Crippen LogP contribution in [0.25, 0.3) is 0 Å². The molecule has 6 heteroatoms. The van der Waals surface area contributed by atoms with Gasteiger partial charge >= 0.3 is 0 Å². The number of benzene rings is 2. The Balaban J connectivity index is 1.65. The second-order valence-electron chi connectivity index (χ2n) is 8.11. The van der Waals surface area contributed by atoms with Gasteiger partial charge in [-0.15, -0.1) is 0 Å². The molecule has 1 aliphatic rings. The number of ether oxygens (including phenoxy) is 1. The van der Waals surface area contributed by atoms with Crippen LogP contribution in [-0.4, -0.2) is 57.2 Å². The SMILES string of the molecule is COc1ccc(N2CCCN(CC(=O)N(CCC#N)c3cc(C)cc(C)c3)CC2)cc1. The van der Waals surface area contributed by atoms with Gasteiger partial charge in [-0.3, -0.25) is 9.69 Å². The van der Waals surface area contributed by atoms with Crippen LogP contribution in [0.3, 0.4) is 0 Å². The molecule has 0 unspecified atom stereocenters. The van der Waals surface area contributed by atoms with Crippen LogP contribution in [0.15, 0.2) is 42.5 Å². The smallest absolute Gasteiger partial charge is 0.241 e. The summed E-state index contributed by atoms with van der Waals surface area (Å²) in [6.45, 7) is 8.42. The Morgan fingerprint density at radius 1 is 1.06 bits per heavy atom. The lowest BCUT2D eigenvalue weighted by atomic mass is 10.1. The summed E-state index contributed by atoms with van der Waals surface area (Å²) >= 11 is 0. The van der Waals surface area contributed by atoms with E-state index in [2.05, 4.69) is 34.1 Å². The fraction of sp³-hybridized carbons (Fsp3) is 0.440. The number of hydrogen-bond donors (Lipinski definition) is 0. The Hall–Kier alpha value is -3.04. The Labute approximate surface area is 185 Å². The van der Waals surface area contributed by atoms with Gasteiger partial charge in [-0.25, -0.2) is 0 Å². The largest absolute Gasteiger partial charge is 0.497 e. The van der Waals surface area contributed by atoms with Gasteiger partial charge in [0.15, 0.2) is 0 Å². The van der Waals surface area contributed by atoms with Crippen molar-refractivity contribution >= 4 is 17.3 Å². The van der Waals surface area contributed by atoms with Crippen molar-refractivity contribution in [2.75, 3.05) is 56.2 Å². The van der Waals surface area contributed by atoms with E-state index < -0.39 is 0 Å². The standard InChI is InChI=1S/C25H32N4O2/c1-20-16-21(2)18-23(17-20)29(13-4-10-26)25(30)19-27-11-5-12-28(15-14-27)22-6-8-24(31-3)9-7-22/h6-9,16-18H,4-5,11-15,19H2,1-3H3. The van der Waals surface area contributed by atoms with E-state index in [1.807, 2.05) is 38.1 Å². The number of carbonyl (C=O) groups is 1. The van der Waals surface area contributed by atoms with E-state index in [1.54, 1.807) is 12.0 Å². The lowest BCUT2D eigenvalue weighted by Gasteiger charge is -2.27. The number of nitrogens with zero attached hydrogens (tertiary/aromatic N) is 4. The van der Waals surface area contributed by atoms with Gasteiger partial charge in [0.1, 0.15) is 5.75 Å². The van der Waals surface area contributed by atoms with Crippen molar-refractivity contribution in [1.82, 2.24) is 4.90 Å². The van der Waals surface area contributed by atoms with Crippen LogP contribution in [-0.2, 0) is 4.79 Å². The fourth-order valence-corrected chi connectivity index (χ4v) is 4.12. The van der Waals surface area contributed by atoms with Gasteiger partial charge < -0.3 is 14.5 Å². The van der Waals surface area contributed by atoms with Gasteiger partial charge in [0.2, 0.25) is 5.91 Å². The molecular weight excluding hydrogens is 388 g/mol. The zero-order valence-electron chi connectivity index (χ0n) is 18.8. The predicted molar refractivity (Wildman–Crippen MR) is 125 cm³/mol. The van der Waals surface area contributed by atoms with E-state index in [4.69, 9.17) is 10.00 Å². The van der Waals surface area contributed by atoms with Crippen molar-refractivity contribution in [3.05, 3.63) is 53.6 Å². The highest BCUT2D eigenvalue weighted by atomic mass is 16.5. The molecule has 164 valence electrons. The van der Waals surface area contributed by atoms with Crippen molar-refractivity contribution in [3.8, 4) is 11.8 Å². The summed E-state index contributed by atoms with van der Waals surface area (Å²) in [6, 6.07) is 16.5. The molecule has 2 aromatic carbocycles. The summed E-state index contributed by atoms with van der Waals surface area (Å²) in [5, 5.41) is 9.07. The first-order chi connectivity index (χ1) is 15.0. The fourth-order valence-electron chi connectivity index (χ4n) is 4.12. The number of hydrogen-bond acceptors (Lipinski definition) is 5. The molecule has 0 atom stereocenters. The van der Waals surface area contributed by atoms with Gasteiger partial charge in [-0.2, -0.15) is 5.26 Å². The number of rotatable bonds is 7. The van der Waals surface area contributed by atoms with Gasteiger partial charge in [-0.05, 0) is 67.8 Å². The molecule has 3 rings (SSSR count). The van der Waals surface area contributed by atoms with Gasteiger partial charge in [0.25, 0.3) is 0 Å². The number of anilines is 2. The monoisotopic (exact) mass is 420 g/mol. The lowest BCUT2D eigenvalue weighted by Crippen LogP contribution is -2.42. The summed E-state index contributed by atoms with van der Waals surface area (Å²) < 4.78 is 5.25. The molecule has 2 aromatic rings. The van der Waals surface area contributed by atoms with Crippen LogP contribution in [0.4, 0.5) is 11.4 Å². The van der Waals surface area contributed by atoms with Crippen LogP contribution in [0, 0.1) is 25.2 Å². The summed E-state index contributed by atoms with van der Waals surface area (Å²) in [5.74, 6) is 0.910. The number of aryl methyl sites for hydroxylation is 2. The Kier molecular flexibility index (Phi) is 7.91. The van der Waals surface area contributed by atoms with Crippen molar-refractivity contribution in [3.63, 3.8) is 0 Å². The van der Waals surface area contributed by atoms with Crippen LogP contribution in [0.1, 0.15) is 24.0 Å². The van der Waals surface area contributed by atoms with E-state index in [-0.39, 0.29) is 5.91 Å². The molecule has 0 N–H and O–H groups in total. The third-order valence-electron chi connectivity index (χ3n) is 5.65. The molecule has 0 radical (unpaired) electrons. The first-order valence-electron chi connectivity index (χ1n) is 10.9. The number of carbonyl (C=O) groups excluding carboxylic acids is 1. The first kappa shape index (κ1) is 22.6. The van der Waals surface area contributed by atoms with Crippen molar-refractivity contribution in [2.45, 2.75) is 26.7 Å². The summed E-state index contributed by atoms with van der Waals surface area (Å²) in [5.41, 5.74) is 4.30. The second-order valence-corrected chi connectivity index (χ2v) is 8.11. The normalized spacial score (nSPS) is 14.6. The molecule has 0 aromatic heterocycles. The maximum Gasteiger partial charge on any atom is 0.241 e. The molecular formula is C25H32N4O2. The minimum absolute atomic E-state index is 0.0538.